The summed E-state index contributed by atoms with van der Waals surface area (Å²) in [6, 6.07) is 8.94. The average Bonchev–Trinajstić information content (AvgIpc) is 2.35. The molecule has 0 fully saturated rings. The normalized spacial score (nSPS) is 14.2. The maximum atomic E-state index is 11.6. The number of nitrogens with one attached hydrogen (secondary N) is 1. The summed E-state index contributed by atoms with van der Waals surface area (Å²) in [4.78, 5) is 11.6. The van der Waals surface area contributed by atoms with Crippen molar-refractivity contribution < 1.29 is 9.90 Å². The fourth-order valence-electron chi connectivity index (χ4n) is 1.37. The molecule has 1 aromatic carbocycles. The Balaban J connectivity index is 2.66. The number of alkyl halides is 1. The molecule has 16 heavy (non-hydrogen) atoms. The van der Waals surface area contributed by atoms with Crippen molar-refractivity contribution in [2.75, 3.05) is 6.61 Å². The third-order valence-corrected chi connectivity index (χ3v) is 2.85. The van der Waals surface area contributed by atoms with Gasteiger partial charge in [-0.05, 0) is 12.0 Å². The minimum atomic E-state index is -0.544. The number of carbonyl (C=O) groups is 1. The van der Waals surface area contributed by atoms with Gasteiger partial charge in [-0.25, -0.2) is 0 Å². The maximum absolute atomic E-state index is 11.6. The van der Waals surface area contributed by atoms with Gasteiger partial charge >= 0.3 is 0 Å². The van der Waals surface area contributed by atoms with E-state index in [-0.39, 0.29) is 18.6 Å². The van der Waals surface area contributed by atoms with E-state index < -0.39 is 5.38 Å². The third kappa shape index (κ3) is 3.51. The second kappa shape index (κ2) is 6.51. The lowest BCUT2D eigenvalue weighted by molar-refractivity contribution is -0.121. The molecule has 0 spiro atoms. The topological polar surface area (TPSA) is 49.3 Å². The Morgan fingerprint density at radius 2 is 2.06 bits per heavy atom. The summed E-state index contributed by atoms with van der Waals surface area (Å²) in [5, 5.41) is 11.4. The van der Waals surface area contributed by atoms with Crippen LogP contribution in [0.25, 0.3) is 0 Å². The van der Waals surface area contributed by atoms with Gasteiger partial charge < -0.3 is 10.4 Å². The lowest BCUT2D eigenvalue weighted by Crippen LogP contribution is -2.35. The van der Waals surface area contributed by atoms with Crippen molar-refractivity contribution >= 4 is 17.5 Å². The second-order valence-corrected chi connectivity index (χ2v) is 4.06. The van der Waals surface area contributed by atoms with Crippen LogP contribution in [0.2, 0.25) is 0 Å². The lowest BCUT2D eigenvalue weighted by atomic mass is 10.1. The molecule has 2 atom stereocenters. The van der Waals surface area contributed by atoms with E-state index in [4.69, 9.17) is 11.6 Å². The third-order valence-electron chi connectivity index (χ3n) is 2.34. The molecular weight excluding hydrogens is 226 g/mol. The smallest absolute Gasteiger partial charge is 0.238 e. The Labute approximate surface area is 100 Å². The highest BCUT2D eigenvalue weighted by molar-refractivity contribution is 6.30. The van der Waals surface area contributed by atoms with Crippen molar-refractivity contribution in [1.29, 1.82) is 0 Å². The summed E-state index contributed by atoms with van der Waals surface area (Å²) < 4.78 is 0. The van der Waals surface area contributed by atoms with Crippen LogP contribution < -0.4 is 5.32 Å². The largest absolute Gasteiger partial charge is 0.394 e. The molecule has 0 heterocycles. The molecule has 0 aliphatic heterocycles. The van der Waals surface area contributed by atoms with Crippen LogP contribution in [0.5, 0.6) is 0 Å². The number of rotatable bonds is 5. The monoisotopic (exact) mass is 241 g/mol. The number of carbonyl (C=O) groups excluding carboxylic acids is 1. The first-order valence-corrected chi connectivity index (χ1v) is 5.73. The van der Waals surface area contributed by atoms with Gasteiger partial charge in [0.15, 0.2) is 0 Å². The molecule has 88 valence electrons. The Morgan fingerprint density at radius 3 is 2.56 bits per heavy atom. The summed E-state index contributed by atoms with van der Waals surface area (Å²) in [5.41, 5.74) is 0.873. The number of amides is 1. The highest BCUT2D eigenvalue weighted by Crippen LogP contribution is 2.13. The minimum absolute atomic E-state index is 0.136. The van der Waals surface area contributed by atoms with Crippen LogP contribution in [-0.4, -0.2) is 23.0 Å². The zero-order chi connectivity index (χ0) is 12.0. The van der Waals surface area contributed by atoms with E-state index in [1.165, 1.54) is 0 Å². The van der Waals surface area contributed by atoms with Crippen LogP contribution in [0.3, 0.4) is 0 Å². The number of aliphatic hydroxyl groups is 1. The Bertz CT molecular complexity index is 329. The van der Waals surface area contributed by atoms with Crippen molar-refractivity contribution in [1.82, 2.24) is 5.32 Å². The summed E-state index contributed by atoms with van der Waals surface area (Å²) in [7, 11) is 0. The molecule has 0 aromatic heterocycles. The van der Waals surface area contributed by atoms with Gasteiger partial charge in [0.2, 0.25) is 5.91 Å². The van der Waals surface area contributed by atoms with Gasteiger partial charge in [-0.15, -0.1) is 11.6 Å². The van der Waals surface area contributed by atoms with Crippen LogP contribution in [0.15, 0.2) is 30.3 Å². The minimum Gasteiger partial charge on any atom is -0.394 e. The fourth-order valence-corrected chi connectivity index (χ4v) is 1.43. The molecule has 0 radical (unpaired) electrons. The molecule has 0 saturated heterocycles. The molecule has 2 N–H and O–H groups in total. The molecule has 0 saturated carbocycles. The number of benzene rings is 1. The predicted molar refractivity (Wildman–Crippen MR) is 64.3 cm³/mol. The van der Waals surface area contributed by atoms with E-state index in [0.717, 1.165) is 5.56 Å². The van der Waals surface area contributed by atoms with Crippen LogP contribution in [0.1, 0.15) is 24.9 Å². The van der Waals surface area contributed by atoms with Gasteiger partial charge in [-0.2, -0.15) is 0 Å². The SMILES string of the molecule is CCC(Cl)C(=O)N[C@@H](CO)c1ccccc1. The molecule has 4 heteroatoms. The van der Waals surface area contributed by atoms with Crippen LogP contribution in [0.4, 0.5) is 0 Å². The summed E-state index contributed by atoms with van der Waals surface area (Å²) in [6.07, 6.45) is 0.570. The standard InChI is InChI=1S/C12H16ClNO2/c1-2-10(13)12(16)14-11(8-15)9-6-4-3-5-7-9/h3-7,10-11,15H,2,8H2,1H3,(H,14,16)/t10?,11-/m0/s1. The number of aliphatic hydroxyl groups excluding tert-OH is 1. The molecule has 1 aromatic rings. The first-order chi connectivity index (χ1) is 7.69. The van der Waals surface area contributed by atoms with E-state index in [0.29, 0.717) is 6.42 Å². The van der Waals surface area contributed by atoms with E-state index >= 15 is 0 Å². The first kappa shape index (κ1) is 13.0. The van der Waals surface area contributed by atoms with E-state index in [1.54, 1.807) is 0 Å². The lowest BCUT2D eigenvalue weighted by Gasteiger charge is -2.18. The van der Waals surface area contributed by atoms with Crippen LogP contribution in [-0.2, 0) is 4.79 Å². The molecule has 3 nitrogen and oxygen atoms in total. The fraction of sp³-hybridized carbons (Fsp3) is 0.417. The zero-order valence-electron chi connectivity index (χ0n) is 9.19. The summed E-state index contributed by atoms with van der Waals surface area (Å²) in [5.74, 6) is -0.243. The van der Waals surface area contributed by atoms with Crippen LogP contribution in [0, 0.1) is 0 Å². The van der Waals surface area contributed by atoms with Crippen molar-refractivity contribution in [3.63, 3.8) is 0 Å². The van der Waals surface area contributed by atoms with Crippen LogP contribution >= 0.6 is 11.6 Å². The Kier molecular flexibility index (Phi) is 5.29. The average molecular weight is 242 g/mol. The summed E-state index contributed by atoms with van der Waals surface area (Å²) >= 11 is 5.81. The first-order valence-electron chi connectivity index (χ1n) is 5.29. The van der Waals surface area contributed by atoms with Gasteiger partial charge in [0.05, 0.1) is 12.6 Å². The van der Waals surface area contributed by atoms with E-state index in [2.05, 4.69) is 5.32 Å². The second-order valence-electron chi connectivity index (χ2n) is 3.53. The van der Waals surface area contributed by atoms with Gasteiger partial charge in [0.25, 0.3) is 0 Å². The molecule has 0 aliphatic rings. The van der Waals surface area contributed by atoms with Gasteiger partial charge in [0.1, 0.15) is 5.38 Å². The quantitative estimate of drug-likeness (QED) is 0.773. The zero-order valence-corrected chi connectivity index (χ0v) is 9.95. The van der Waals surface area contributed by atoms with Gasteiger partial charge in [0, 0.05) is 0 Å². The molecule has 0 aliphatic carbocycles. The van der Waals surface area contributed by atoms with E-state index in [9.17, 15) is 9.90 Å². The molecule has 1 unspecified atom stereocenters. The predicted octanol–water partition coefficient (Wildman–Crippen LogP) is 1.85. The molecule has 1 amide bonds. The number of hydrogen-bond acceptors (Lipinski definition) is 2. The van der Waals surface area contributed by atoms with Gasteiger partial charge in [-0.1, -0.05) is 37.3 Å². The van der Waals surface area contributed by atoms with Crippen molar-refractivity contribution in [3.05, 3.63) is 35.9 Å². The molecular formula is C12H16ClNO2. The van der Waals surface area contributed by atoms with Crippen molar-refractivity contribution in [2.45, 2.75) is 24.8 Å². The van der Waals surface area contributed by atoms with Crippen molar-refractivity contribution in [3.8, 4) is 0 Å². The van der Waals surface area contributed by atoms with Gasteiger partial charge in [-0.3, -0.25) is 4.79 Å². The Hall–Kier alpha value is -1.06. The maximum Gasteiger partial charge on any atom is 0.238 e. The number of halogens is 1. The summed E-state index contributed by atoms with van der Waals surface area (Å²) in [6.45, 7) is 1.71. The van der Waals surface area contributed by atoms with E-state index in [1.807, 2.05) is 37.3 Å². The molecule has 1 rings (SSSR count). The highest BCUT2D eigenvalue weighted by atomic mass is 35.5. The van der Waals surface area contributed by atoms with Crippen molar-refractivity contribution in [2.24, 2.45) is 0 Å². The molecule has 0 bridgehead atoms. The Morgan fingerprint density at radius 1 is 1.44 bits per heavy atom. The number of hydrogen-bond donors (Lipinski definition) is 2. The highest BCUT2D eigenvalue weighted by Gasteiger charge is 2.18.